The van der Waals surface area contributed by atoms with Crippen molar-refractivity contribution >= 4 is 30.7 Å². The highest BCUT2D eigenvalue weighted by molar-refractivity contribution is 5.85. The van der Waals surface area contributed by atoms with Crippen molar-refractivity contribution in [2.45, 2.75) is 24.9 Å². The predicted molar refractivity (Wildman–Crippen MR) is 92.8 cm³/mol. The third-order valence-corrected chi connectivity index (χ3v) is 4.10. The fourth-order valence-corrected chi connectivity index (χ4v) is 2.81. The fourth-order valence-electron chi connectivity index (χ4n) is 2.81. The lowest BCUT2D eigenvalue weighted by Crippen LogP contribution is -2.47. The second kappa shape index (κ2) is 9.35. The quantitative estimate of drug-likeness (QED) is 0.881. The number of likely N-dealkylation sites (tertiary alicyclic amines) is 1. The van der Waals surface area contributed by atoms with E-state index in [9.17, 15) is 4.79 Å². The molecule has 1 aliphatic heterocycles. The van der Waals surface area contributed by atoms with Crippen LogP contribution < -0.4 is 5.32 Å². The van der Waals surface area contributed by atoms with Crippen molar-refractivity contribution < 1.29 is 4.79 Å². The molecule has 8 heteroatoms. The molecular weight excluding hydrogens is 325 g/mol. The Balaban J connectivity index is 0.00000220. The van der Waals surface area contributed by atoms with E-state index in [2.05, 4.69) is 29.4 Å². The maximum Gasteiger partial charge on any atom is 0.244 e. The van der Waals surface area contributed by atoms with Gasteiger partial charge in [0.25, 0.3) is 0 Å². The van der Waals surface area contributed by atoms with Crippen LogP contribution in [0.2, 0.25) is 0 Å². The molecule has 0 aromatic carbocycles. The maximum absolute atomic E-state index is 12.6. The Hall–Kier alpha value is -0.820. The molecule has 1 aromatic heterocycles. The van der Waals surface area contributed by atoms with Gasteiger partial charge in [0.1, 0.15) is 6.04 Å². The van der Waals surface area contributed by atoms with Gasteiger partial charge >= 0.3 is 0 Å². The number of aryl methyl sites for hydroxylation is 1. The number of piperidine rings is 1. The van der Waals surface area contributed by atoms with E-state index in [0.717, 1.165) is 31.5 Å². The number of hydrogen-bond donors (Lipinski definition) is 1. The van der Waals surface area contributed by atoms with Crippen LogP contribution in [-0.4, -0.2) is 65.8 Å². The van der Waals surface area contributed by atoms with Gasteiger partial charge in [-0.1, -0.05) is 0 Å². The zero-order chi connectivity index (χ0) is 14.7. The molecule has 1 fully saturated rings. The zero-order valence-corrected chi connectivity index (χ0v) is 15.3. The highest BCUT2D eigenvalue weighted by Gasteiger charge is 2.29. The van der Waals surface area contributed by atoms with Gasteiger partial charge in [0.15, 0.2) is 0 Å². The maximum atomic E-state index is 12.6. The Morgan fingerprint density at radius 1 is 1.36 bits per heavy atom. The van der Waals surface area contributed by atoms with Crippen LogP contribution in [0, 0.1) is 0 Å². The summed E-state index contributed by atoms with van der Waals surface area (Å²) in [4.78, 5) is 16.8. The Kier molecular flexibility index (Phi) is 9.00. The van der Waals surface area contributed by atoms with E-state index in [1.807, 2.05) is 25.2 Å². The number of aromatic nitrogens is 2. The lowest BCUT2D eigenvalue weighted by Gasteiger charge is -2.36. The van der Waals surface area contributed by atoms with Crippen molar-refractivity contribution in [1.82, 2.24) is 24.9 Å². The van der Waals surface area contributed by atoms with Gasteiger partial charge in [-0.3, -0.25) is 9.48 Å². The Morgan fingerprint density at radius 3 is 2.36 bits per heavy atom. The van der Waals surface area contributed by atoms with E-state index >= 15 is 0 Å². The molecule has 0 saturated carbocycles. The van der Waals surface area contributed by atoms with Crippen LogP contribution in [0.1, 0.15) is 24.4 Å². The second-order valence-electron chi connectivity index (χ2n) is 5.69. The number of halogens is 2. The van der Waals surface area contributed by atoms with E-state index < -0.39 is 0 Å². The largest absolute Gasteiger partial charge is 0.341 e. The van der Waals surface area contributed by atoms with Crippen molar-refractivity contribution in [3.05, 3.63) is 18.0 Å². The first kappa shape index (κ1) is 21.2. The van der Waals surface area contributed by atoms with Crippen molar-refractivity contribution in [3.8, 4) is 0 Å². The average Bonchev–Trinajstić information content (AvgIpc) is 2.86. The first-order valence-corrected chi connectivity index (χ1v) is 7.14. The Labute approximate surface area is 145 Å². The van der Waals surface area contributed by atoms with E-state index in [1.54, 1.807) is 10.9 Å². The number of amides is 1. The molecule has 128 valence electrons. The first-order chi connectivity index (χ1) is 9.52. The molecular formula is C14H27Cl2N5O. The monoisotopic (exact) mass is 351 g/mol. The zero-order valence-electron chi connectivity index (χ0n) is 13.7. The van der Waals surface area contributed by atoms with Gasteiger partial charge in [-0.2, -0.15) is 5.10 Å². The number of carbonyl (C=O) groups excluding carboxylic acids is 1. The van der Waals surface area contributed by atoms with Crippen LogP contribution in [0.15, 0.2) is 12.4 Å². The van der Waals surface area contributed by atoms with E-state index in [1.165, 1.54) is 0 Å². The summed E-state index contributed by atoms with van der Waals surface area (Å²) in [6.07, 6.45) is 5.74. The summed E-state index contributed by atoms with van der Waals surface area (Å²) in [5, 5.41) is 7.26. The number of nitrogens with one attached hydrogen (secondary N) is 1. The van der Waals surface area contributed by atoms with E-state index in [0.29, 0.717) is 6.04 Å². The lowest BCUT2D eigenvalue weighted by atomic mass is 10.0. The molecule has 1 saturated heterocycles. The van der Waals surface area contributed by atoms with Crippen molar-refractivity contribution in [2.75, 3.05) is 34.2 Å². The highest BCUT2D eigenvalue weighted by Crippen LogP contribution is 2.20. The van der Waals surface area contributed by atoms with Crippen LogP contribution >= 0.6 is 24.8 Å². The van der Waals surface area contributed by atoms with Crippen LogP contribution in [0.5, 0.6) is 0 Å². The van der Waals surface area contributed by atoms with Gasteiger partial charge < -0.3 is 15.1 Å². The normalized spacial score (nSPS) is 16.9. The molecule has 2 rings (SSSR count). The van der Waals surface area contributed by atoms with Gasteiger partial charge in [0.2, 0.25) is 5.91 Å². The SMILES string of the molecule is CNC(C(=O)N1CCC(N(C)C)CC1)c1cnn(C)c1.Cl.Cl. The Bertz CT molecular complexity index is 458. The summed E-state index contributed by atoms with van der Waals surface area (Å²) in [5.41, 5.74) is 0.926. The van der Waals surface area contributed by atoms with Gasteiger partial charge in [-0.25, -0.2) is 0 Å². The molecule has 1 atom stereocenters. The van der Waals surface area contributed by atoms with Crippen LogP contribution in [-0.2, 0) is 11.8 Å². The molecule has 1 N–H and O–H groups in total. The van der Waals surface area contributed by atoms with E-state index in [-0.39, 0.29) is 36.8 Å². The Morgan fingerprint density at radius 2 is 1.95 bits per heavy atom. The highest BCUT2D eigenvalue weighted by atomic mass is 35.5. The van der Waals surface area contributed by atoms with Gasteiger partial charge in [0.05, 0.1) is 6.20 Å². The van der Waals surface area contributed by atoms with Gasteiger partial charge in [-0.15, -0.1) is 24.8 Å². The van der Waals surface area contributed by atoms with E-state index in [4.69, 9.17) is 0 Å². The summed E-state index contributed by atoms with van der Waals surface area (Å²) in [6, 6.07) is 0.296. The smallest absolute Gasteiger partial charge is 0.244 e. The summed E-state index contributed by atoms with van der Waals surface area (Å²) in [5.74, 6) is 0.151. The average molecular weight is 352 g/mol. The summed E-state index contributed by atoms with van der Waals surface area (Å²) >= 11 is 0. The van der Waals surface area contributed by atoms with Gasteiger partial charge in [-0.05, 0) is 34.0 Å². The number of nitrogens with zero attached hydrogens (tertiary/aromatic N) is 4. The van der Waals surface area contributed by atoms with Crippen molar-refractivity contribution in [1.29, 1.82) is 0 Å². The summed E-state index contributed by atoms with van der Waals surface area (Å²) < 4.78 is 1.73. The molecule has 1 unspecified atom stereocenters. The predicted octanol–water partition coefficient (Wildman–Crippen LogP) is 1.08. The number of rotatable bonds is 4. The molecule has 2 heterocycles. The van der Waals surface area contributed by atoms with Crippen LogP contribution in [0.4, 0.5) is 0 Å². The standard InChI is InChI=1S/C14H25N5O.2ClH/c1-15-13(11-9-16-18(4)10-11)14(20)19-7-5-12(6-8-19)17(2)3;;/h9-10,12-13,15H,5-8H2,1-4H3;2*1H. The first-order valence-electron chi connectivity index (χ1n) is 7.14. The van der Waals surface area contributed by atoms with Crippen LogP contribution in [0.3, 0.4) is 0 Å². The fraction of sp³-hybridized carbons (Fsp3) is 0.714. The number of likely N-dealkylation sites (N-methyl/N-ethyl adjacent to an activating group) is 1. The molecule has 0 bridgehead atoms. The minimum absolute atomic E-state index is 0. The second-order valence-corrected chi connectivity index (χ2v) is 5.69. The minimum atomic E-state index is -0.292. The summed E-state index contributed by atoms with van der Waals surface area (Å²) in [7, 11) is 7.90. The molecule has 1 aromatic rings. The third-order valence-electron chi connectivity index (χ3n) is 4.10. The molecule has 6 nitrogen and oxygen atoms in total. The lowest BCUT2D eigenvalue weighted by molar-refractivity contribution is -0.135. The number of carbonyl (C=O) groups is 1. The van der Waals surface area contributed by atoms with Crippen LogP contribution in [0.25, 0.3) is 0 Å². The van der Waals surface area contributed by atoms with Gasteiger partial charge in [0, 0.05) is 37.9 Å². The molecule has 0 radical (unpaired) electrons. The molecule has 1 aliphatic rings. The third kappa shape index (κ3) is 4.84. The minimum Gasteiger partial charge on any atom is -0.341 e. The molecule has 1 amide bonds. The van der Waals surface area contributed by atoms with Crippen molar-refractivity contribution in [3.63, 3.8) is 0 Å². The number of hydrogen-bond acceptors (Lipinski definition) is 4. The molecule has 22 heavy (non-hydrogen) atoms. The molecule has 0 spiro atoms. The van der Waals surface area contributed by atoms with Crippen molar-refractivity contribution in [2.24, 2.45) is 7.05 Å². The topological polar surface area (TPSA) is 53.4 Å². The molecule has 0 aliphatic carbocycles. The summed E-state index contributed by atoms with van der Waals surface area (Å²) in [6.45, 7) is 1.67.